The summed E-state index contributed by atoms with van der Waals surface area (Å²) in [6.45, 7) is 4.89. The molecule has 0 aromatic heterocycles. The summed E-state index contributed by atoms with van der Waals surface area (Å²) in [5.41, 5.74) is 0.670. The summed E-state index contributed by atoms with van der Waals surface area (Å²) in [6, 6.07) is 11.8. The molecular weight excluding hydrogens is 396 g/mol. The number of hydrogen-bond acceptors (Lipinski definition) is 6. The molecule has 0 aliphatic rings. The molecule has 0 aliphatic carbocycles. The molecule has 0 bridgehead atoms. The number of methoxy groups -OCH3 is 1. The number of rotatable bonds is 8. The van der Waals surface area contributed by atoms with E-state index >= 15 is 0 Å². The van der Waals surface area contributed by atoms with Gasteiger partial charge < -0.3 is 14.8 Å². The van der Waals surface area contributed by atoms with Crippen LogP contribution in [-0.4, -0.2) is 39.5 Å². The van der Waals surface area contributed by atoms with Gasteiger partial charge in [-0.2, -0.15) is 0 Å². The van der Waals surface area contributed by atoms with Gasteiger partial charge in [-0.3, -0.25) is 4.79 Å². The summed E-state index contributed by atoms with van der Waals surface area (Å²) in [6.07, 6.45) is -1.05. The van der Waals surface area contributed by atoms with Gasteiger partial charge in [0.2, 0.25) is 10.0 Å². The van der Waals surface area contributed by atoms with Crippen molar-refractivity contribution >= 4 is 27.6 Å². The Morgan fingerprint density at radius 2 is 1.52 bits per heavy atom. The maximum Gasteiger partial charge on any atom is 0.338 e. The van der Waals surface area contributed by atoms with Gasteiger partial charge in [-0.15, -0.1) is 0 Å². The molecule has 2 N–H and O–H groups in total. The number of carbonyl (C=O) groups is 2. The van der Waals surface area contributed by atoms with Crippen LogP contribution < -0.4 is 14.8 Å². The van der Waals surface area contributed by atoms with Gasteiger partial charge in [0.05, 0.1) is 17.6 Å². The van der Waals surface area contributed by atoms with Crippen LogP contribution in [0.15, 0.2) is 53.4 Å². The summed E-state index contributed by atoms with van der Waals surface area (Å²) in [5, 5.41) is 2.58. The highest BCUT2D eigenvalue weighted by Crippen LogP contribution is 2.16. The first-order valence-corrected chi connectivity index (χ1v) is 10.4. The molecule has 0 saturated heterocycles. The molecule has 0 radical (unpaired) electrons. The minimum Gasteiger partial charge on any atom is -0.497 e. The molecule has 29 heavy (non-hydrogen) atoms. The third-order valence-corrected chi connectivity index (χ3v) is 5.48. The molecule has 2 aromatic rings. The highest BCUT2D eigenvalue weighted by molar-refractivity contribution is 7.89. The van der Waals surface area contributed by atoms with E-state index < -0.39 is 28.0 Å². The van der Waals surface area contributed by atoms with Gasteiger partial charge in [0.1, 0.15) is 5.75 Å². The monoisotopic (exact) mass is 420 g/mol. The molecule has 0 saturated carbocycles. The minimum absolute atomic E-state index is 0.0863. The molecule has 1 atom stereocenters. The number of carbonyl (C=O) groups excluding carboxylic acids is 2. The van der Waals surface area contributed by atoms with Gasteiger partial charge in [0.15, 0.2) is 6.10 Å². The lowest BCUT2D eigenvalue weighted by molar-refractivity contribution is -0.123. The van der Waals surface area contributed by atoms with Crippen molar-refractivity contribution < 1.29 is 27.5 Å². The first kappa shape index (κ1) is 22.4. The van der Waals surface area contributed by atoms with Gasteiger partial charge in [0, 0.05) is 11.7 Å². The van der Waals surface area contributed by atoms with E-state index in [-0.39, 0.29) is 16.5 Å². The quantitative estimate of drug-likeness (QED) is 0.635. The molecular formula is C20H24N2O6S. The summed E-state index contributed by atoms with van der Waals surface area (Å²) in [5.74, 6) is -0.583. The van der Waals surface area contributed by atoms with Crippen LogP contribution >= 0.6 is 0 Å². The number of amides is 1. The number of anilines is 1. The topological polar surface area (TPSA) is 111 Å². The van der Waals surface area contributed by atoms with Gasteiger partial charge >= 0.3 is 5.97 Å². The Morgan fingerprint density at radius 3 is 2.03 bits per heavy atom. The number of nitrogens with one attached hydrogen (secondary N) is 2. The maximum absolute atomic E-state index is 12.3. The van der Waals surface area contributed by atoms with Crippen molar-refractivity contribution in [3.05, 3.63) is 54.1 Å². The summed E-state index contributed by atoms with van der Waals surface area (Å²) in [7, 11) is -2.10. The molecule has 0 fully saturated rings. The Hall–Kier alpha value is -2.91. The first-order chi connectivity index (χ1) is 13.6. The van der Waals surface area contributed by atoms with E-state index in [1.165, 1.54) is 50.4 Å². The molecule has 0 unspecified atom stereocenters. The summed E-state index contributed by atoms with van der Waals surface area (Å²) >= 11 is 0. The summed E-state index contributed by atoms with van der Waals surface area (Å²) in [4.78, 5) is 24.5. The third-order valence-electron chi connectivity index (χ3n) is 3.80. The van der Waals surface area contributed by atoms with E-state index in [0.29, 0.717) is 11.4 Å². The van der Waals surface area contributed by atoms with Crippen LogP contribution in [0.5, 0.6) is 5.75 Å². The molecule has 9 heteroatoms. The minimum atomic E-state index is -3.61. The predicted molar refractivity (Wildman–Crippen MR) is 108 cm³/mol. The number of esters is 1. The molecule has 0 spiro atoms. The zero-order chi connectivity index (χ0) is 21.6. The van der Waals surface area contributed by atoms with E-state index in [4.69, 9.17) is 9.47 Å². The molecule has 0 heterocycles. The van der Waals surface area contributed by atoms with Crippen molar-refractivity contribution in [3.63, 3.8) is 0 Å². The van der Waals surface area contributed by atoms with Crippen LogP contribution in [-0.2, 0) is 19.6 Å². The fraction of sp³-hybridized carbons (Fsp3) is 0.300. The lowest BCUT2D eigenvalue weighted by atomic mass is 10.2. The van der Waals surface area contributed by atoms with Crippen LogP contribution in [0.4, 0.5) is 5.69 Å². The van der Waals surface area contributed by atoms with Gasteiger partial charge in [-0.25, -0.2) is 17.9 Å². The zero-order valence-corrected chi connectivity index (χ0v) is 17.4. The maximum atomic E-state index is 12.3. The number of ether oxygens (including phenoxy) is 2. The highest BCUT2D eigenvalue weighted by Gasteiger charge is 2.20. The van der Waals surface area contributed by atoms with E-state index in [1.54, 1.807) is 26.0 Å². The van der Waals surface area contributed by atoms with Crippen molar-refractivity contribution in [1.29, 1.82) is 0 Å². The van der Waals surface area contributed by atoms with Crippen LogP contribution in [0, 0.1) is 0 Å². The Labute approximate surface area is 170 Å². The number of benzene rings is 2. The Kier molecular flexibility index (Phi) is 7.35. The first-order valence-electron chi connectivity index (χ1n) is 8.90. The molecule has 2 aromatic carbocycles. The van der Waals surface area contributed by atoms with E-state index in [9.17, 15) is 18.0 Å². The number of sulfonamides is 1. The number of hydrogen-bond donors (Lipinski definition) is 2. The average molecular weight is 420 g/mol. The second-order valence-electron chi connectivity index (χ2n) is 6.57. The fourth-order valence-electron chi connectivity index (χ4n) is 2.35. The lowest BCUT2D eigenvalue weighted by Crippen LogP contribution is -2.30. The van der Waals surface area contributed by atoms with Gasteiger partial charge in [-0.1, -0.05) is 0 Å². The molecule has 2 rings (SSSR count). The van der Waals surface area contributed by atoms with E-state index in [2.05, 4.69) is 10.0 Å². The summed E-state index contributed by atoms with van der Waals surface area (Å²) < 4.78 is 36.9. The van der Waals surface area contributed by atoms with Crippen molar-refractivity contribution in [3.8, 4) is 5.75 Å². The third kappa shape index (κ3) is 6.30. The SMILES string of the molecule is COc1ccc(C(=O)O[C@H](C)C(=O)Nc2ccc(S(=O)(=O)NC(C)C)cc2)cc1. The molecule has 156 valence electrons. The van der Waals surface area contributed by atoms with Crippen LogP contribution in [0.2, 0.25) is 0 Å². The van der Waals surface area contributed by atoms with E-state index in [1.807, 2.05) is 0 Å². The van der Waals surface area contributed by atoms with Crippen LogP contribution in [0.25, 0.3) is 0 Å². The Balaban J connectivity index is 1.97. The zero-order valence-electron chi connectivity index (χ0n) is 16.6. The Bertz CT molecular complexity index is 953. The van der Waals surface area contributed by atoms with Crippen molar-refractivity contribution in [2.24, 2.45) is 0 Å². The molecule has 1 amide bonds. The lowest BCUT2D eigenvalue weighted by Gasteiger charge is -2.14. The van der Waals surface area contributed by atoms with E-state index in [0.717, 1.165) is 0 Å². The second-order valence-corrected chi connectivity index (χ2v) is 8.28. The molecule has 8 nitrogen and oxygen atoms in total. The van der Waals surface area contributed by atoms with Crippen LogP contribution in [0.3, 0.4) is 0 Å². The fourth-order valence-corrected chi connectivity index (χ4v) is 3.60. The smallest absolute Gasteiger partial charge is 0.338 e. The largest absolute Gasteiger partial charge is 0.497 e. The van der Waals surface area contributed by atoms with Gasteiger partial charge in [-0.05, 0) is 69.3 Å². The standard InChI is InChI=1S/C20H24N2O6S/c1-13(2)22-29(25,26)18-11-7-16(8-12-18)21-19(23)14(3)28-20(24)15-5-9-17(27-4)10-6-15/h5-14,22H,1-4H3,(H,21,23)/t14-/m1/s1. The molecule has 0 aliphatic heterocycles. The van der Waals surface area contributed by atoms with Crippen molar-refractivity contribution in [2.75, 3.05) is 12.4 Å². The second kappa shape index (κ2) is 9.53. The van der Waals surface area contributed by atoms with Crippen molar-refractivity contribution in [1.82, 2.24) is 4.72 Å². The predicted octanol–water partition coefficient (Wildman–Crippen LogP) is 2.57. The Morgan fingerprint density at radius 1 is 0.931 bits per heavy atom. The van der Waals surface area contributed by atoms with Gasteiger partial charge in [0.25, 0.3) is 5.91 Å². The highest BCUT2D eigenvalue weighted by atomic mass is 32.2. The normalized spacial score (nSPS) is 12.3. The van der Waals surface area contributed by atoms with Crippen LogP contribution in [0.1, 0.15) is 31.1 Å². The average Bonchev–Trinajstić information content (AvgIpc) is 2.67. The van der Waals surface area contributed by atoms with Crippen molar-refractivity contribution in [2.45, 2.75) is 37.8 Å².